The fraction of sp³-hybridized carbons (Fsp3) is 0.300. The highest BCUT2D eigenvalue weighted by molar-refractivity contribution is 7.88. The smallest absolute Gasteiger partial charge is 0.322 e. The summed E-state index contributed by atoms with van der Waals surface area (Å²) in [5, 5.41) is 8.87. The van der Waals surface area contributed by atoms with Crippen LogP contribution < -0.4 is 4.72 Å². The van der Waals surface area contributed by atoms with Crippen LogP contribution in [0.1, 0.15) is 5.56 Å². The second-order valence-corrected chi connectivity index (χ2v) is 5.25. The number of carboxylic acids is 1. The van der Waals surface area contributed by atoms with Crippen molar-refractivity contribution in [1.82, 2.24) is 4.72 Å². The maximum Gasteiger partial charge on any atom is 0.322 e. The molecule has 0 spiro atoms. The van der Waals surface area contributed by atoms with E-state index in [-0.39, 0.29) is 6.42 Å². The van der Waals surface area contributed by atoms with Crippen LogP contribution >= 0.6 is 0 Å². The highest BCUT2D eigenvalue weighted by atomic mass is 32.2. The molecule has 16 heavy (non-hydrogen) atoms. The third-order valence-electron chi connectivity index (χ3n) is 1.94. The summed E-state index contributed by atoms with van der Waals surface area (Å²) in [6.07, 6.45) is 1.07. The first-order chi connectivity index (χ1) is 7.38. The first-order valence-electron chi connectivity index (χ1n) is 4.62. The van der Waals surface area contributed by atoms with Crippen LogP contribution in [0, 0.1) is 0 Å². The third-order valence-corrected chi connectivity index (χ3v) is 2.65. The van der Waals surface area contributed by atoms with Gasteiger partial charge < -0.3 is 5.11 Å². The standard InChI is InChI=1S/C10H13NO4S/c1-16(14,15)11-9(10(12)13)7-8-5-3-2-4-6-8/h2-6,9,11H,7H2,1H3,(H,12,13). The van der Waals surface area contributed by atoms with Crippen LogP contribution in [0.3, 0.4) is 0 Å². The fourth-order valence-corrected chi connectivity index (χ4v) is 1.99. The van der Waals surface area contributed by atoms with Gasteiger partial charge >= 0.3 is 5.97 Å². The normalized spacial score (nSPS) is 13.3. The van der Waals surface area contributed by atoms with Crippen LogP contribution in [-0.4, -0.2) is 31.8 Å². The van der Waals surface area contributed by atoms with E-state index in [0.717, 1.165) is 11.8 Å². The largest absolute Gasteiger partial charge is 0.480 e. The number of benzene rings is 1. The number of sulfonamides is 1. The summed E-state index contributed by atoms with van der Waals surface area (Å²) in [5.41, 5.74) is 0.769. The minimum Gasteiger partial charge on any atom is -0.480 e. The molecule has 0 heterocycles. The highest BCUT2D eigenvalue weighted by Crippen LogP contribution is 2.04. The van der Waals surface area contributed by atoms with Crippen molar-refractivity contribution >= 4 is 16.0 Å². The maximum absolute atomic E-state index is 11.0. The van der Waals surface area contributed by atoms with Gasteiger partial charge in [-0.1, -0.05) is 30.3 Å². The van der Waals surface area contributed by atoms with Crippen molar-refractivity contribution in [3.05, 3.63) is 35.9 Å². The summed E-state index contributed by atoms with van der Waals surface area (Å²) in [6.45, 7) is 0. The van der Waals surface area contributed by atoms with E-state index in [1.54, 1.807) is 24.3 Å². The Balaban J connectivity index is 2.77. The molecule has 0 amide bonds. The number of carboxylic acid groups (broad SMARTS) is 1. The molecule has 0 bridgehead atoms. The average molecular weight is 243 g/mol. The van der Waals surface area contributed by atoms with Gasteiger partial charge in [-0.25, -0.2) is 13.1 Å². The summed E-state index contributed by atoms with van der Waals surface area (Å²) in [5.74, 6) is -1.19. The maximum atomic E-state index is 11.0. The predicted octanol–water partition coefficient (Wildman–Crippen LogP) is 0.231. The van der Waals surface area contributed by atoms with Crippen LogP contribution in [0.5, 0.6) is 0 Å². The zero-order chi connectivity index (χ0) is 12.2. The van der Waals surface area contributed by atoms with Gasteiger partial charge in [-0.15, -0.1) is 0 Å². The summed E-state index contributed by atoms with van der Waals surface area (Å²) in [4.78, 5) is 10.9. The number of rotatable bonds is 5. The number of hydrogen-bond donors (Lipinski definition) is 2. The molecule has 1 unspecified atom stereocenters. The summed E-state index contributed by atoms with van der Waals surface area (Å²) in [7, 11) is -3.52. The average Bonchev–Trinajstić information content (AvgIpc) is 2.16. The van der Waals surface area contributed by atoms with Gasteiger partial charge in [0.2, 0.25) is 10.0 Å². The van der Waals surface area contributed by atoms with Gasteiger partial charge in [0, 0.05) is 0 Å². The van der Waals surface area contributed by atoms with Gasteiger partial charge in [-0.2, -0.15) is 0 Å². The molecule has 1 aromatic carbocycles. The van der Waals surface area contributed by atoms with Crippen molar-refractivity contribution in [2.24, 2.45) is 0 Å². The van der Waals surface area contributed by atoms with Crippen LogP contribution in [-0.2, 0) is 21.2 Å². The molecular weight excluding hydrogens is 230 g/mol. The van der Waals surface area contributed by atoms with E-state index in [1.165, 1.54) is 0 Å². The van der Waals surface area contributed by atoms with Gasteiger partial charge in [-0.3, -0.25) is 4.79 Å². The van der Waals surface area contributed by atoms with E-state index in [2.05, 4.69) is 4.72 Å². The lowest BCUT2D eigenvalue weighted by Crippen LogP contribution is -2.41. The van der Waals surface area contributed by atoms with Crippen LogP contribution in [0.15, 0.2) is 30.3 Å². The molecule has 0 aliphatic rings. The quantitative estimate of drug-likeness (QED) is 0.775. The van der Waals surface area contributed by atoms with Crippen molar-refractivity contribution in [3.63, 3.8) is 0 Å². The van der Waals surface area contributed by atoms with Gasteiger partial charge in [0.05, 0.1) is 6.26 Å². The lowest BCUT2D eigenvalue weighted by Gasteiger charge is -2.12. The molecular formula is C10H13NO4S. The molecule has 6 heteroatoms. The molecule has 0 saturated carbocycles. The zero-order valence-corrected chi connectivity index (χ0v) is 9.57. The summed E-state index contributed by atoms with van der Waals surface area (Å²) in [6, 6.07) is 7.73. The SMILES string of the molecule is CS(=O)(=O)NC(Cc1ccccc1)C(=O)O. The van der Waals surface area contributed by atoms with Gasteiger partial charge in [-0.05, 0) is 12.0 Å². The number of aliphatic carboxylic acids is 1. The Hall–Kier alpha value is -1.40. The Morgan fingerprint density at radius 1 is 1.38 bits per heavy atom. The number of nitrogens with one attached hydrogen (secondary N) is 1. The van der Waals surface area contributed by atoms with Crippen LogP contribution in [0.25, 0.3) is 0 Å². The molecule has 2 N–H and O–H groups in total. The molecule has 0 aromatic heterocycles. The van der Waals surface area contributed by atoms with Gasteiger partial charge in [0.25, 0.3) is 0 Å². The molecule has 0 aliphatic carbocycles. The Kier molecular flexibility index (Phi) is 4.03. The van der Waals surface area contributed by atoms with E-state index >= 15 is 0 Å². The summed E-state index contributed by atoms with van der Waals surface area (Å²) < 4.78 is 24.0. The zero-order valence-electron chi connectivity index (χ0n) is 8.75. The Labute approximate surface area is 94.2 Å². The van der Waals surface area contributed by atoms with E-state index in [0.29, 0.717) is 0 Å². The van der Waals surface area contributed by atoms with Gasteiger partial charge in [0.15, 0.2) is 0 Å². The molecule has 5 nitrogen and oxygen atoms in total. The first-order valence-corrected chi connectivity index (χ1v) is 6.51. The van der Waals surface area contributed by atoms with Crippen molar-refractivity contribution in [2.75, 3.05) is 6.26 Å². The van der Waals surface area contributed by atoms with Crippen molar-refractivity contribution < 1.29 is 18.3 Å². The highest BCUT2D eigenvalue weighted by Gasteiger charge is 2.21. The van der Waals surface area contributed by atoms with Crippen molar-refractivity contribution in [2.45, 2.75) is 12.5 Å². The topological polar surface area (TPSA) is 83.5 Å². The lowest BCUT2D eigenvalue weighted by atomic mass is 10.1. The fourth-order valence-electron chi connectivity index (χ4n) is 1.29. The predicted molar refractivity (Wildman–Crippen MR) is 59.5 cm³/mol. The van der Waals surface area contributed by atoms with Crippen LogP contribution in [0.2, 0.25) is 0 Å². The third kappa shape index (κ3) is 4.41. The number of hydrogen-bond acceptors (Lipinski definition) is 3. The van der Waals surface area contributed by atoms with Gasteiger partial charge in [0.1, 0.15) is 6.04 Å². The molecule has 1 atom stereocenters. The molecule has 88 valence electrons. The molecule has 0 saturated heterocycles. The second-order valence-electron chi connectivity index (χ2n) is 3.47. The van der Waals surface area contributed by atoms with E-state index in [1.807, 2.05) is 6.07 Å². The monoisotopic (exact) mass is 243 g/mol. The number of carbonyl (C=O) groups is 1. The van der Waals surface area contributed by atoms with Crippen molar-refractivity contribution in [3.8, 4) is 0 Å². The molecule has 0 fully saturated rings. The van der Waals surface area contributed by atoms with E-state index < -0.39 is 22.0 Å². The molecule has 1 rings (SSSR count). The Morgan fingerprint density at radius 3 is 2.38 bits per heavy atom. The van der Waals surface area contributed by atoms with Crippen LogP contribution in [0.4, 0.5) is 0 Å². The first kappa shape index (κ1) is 12.7. The molecule has 0 aliphatic heterocycles. The molecule has 1 aromatic rings. The minimum absolute atomic E-state index is 0.128. The second kappa shape index (κ2) is 5.09. The van der Waals surface area contributed by atoms with E-state index in [4.69, 9.17) is 5.11 Å². The van der Waals surface area contributed by atoms with Crippen molar-refractivity contribution in [1.29, 1.82) is 0 Å². The van der Waals surface area contributed by atoms with E-state index in [9.17, 15) is 13.2 Å². The summed E-state index contributed by atoms with van der Waals surface area (Å²) >= 11 is 0. The lowest BCUT2D eigenvalue weighted by molar-refractivity contribution is -0.138. The Bertz CT molecular complexity index is 455. The molecule has 0 radical (unpaired) electrons. The Morgan fingerprint density at radius 2 is 1.94 bits per heavy atom. The minimum atomic E-state index is -3.52.